The Kier molecular flexibility index (Phi) is 4.35. The number of aryl methyl sites for hydroxylation is 2. The van der Waals surface area contributed by atoms with Gasteiger partial charge in [-0.1, -0.05) is 19.1 Å². The van der Waals surface area contributed by atoms with Crippen LogP contribution in [0.3, 0.4) is 0 Å². The van der Waals surface area contributed by atoms with Gasteiger partial charge in [-0.3, -0.25) is 4.79 Å². The van der Waals surface area contributed by atoms with Gasteiger partial charge >= 0.3 is 0 Å². The molecule has 1 aromatic heterocycles. The fourth-order valence-electron chi connectivity index (χ4n) is 1.87. The second-order valence-corrected chi connectivity index (χ2v) is 5.61. The van der Waals surface area contributed by atoms with E-state index in [-0.39, 0.29) is 12.5 Å². The van der Waals surface area contributed by atoms with Gasteiger partial charge in [0.1, 0.15) is 0 Å². The van der Waals surface area contributed by atoms with Crippen molar-refractivity contribution < 1.29 is 9.90 Å². The molecule has 4 heteroatoms. The molecule has 0 aliphatic heterocycles. The fraction of sp³-hybridized carbons (Fsp3) is 0.267. The molecule has 2 aromatic rings. The van der Waals surface area contributed by atoms with Crippen LogP contribution >= 0.6 is 11.3 Å². The molecule has 1 heterocycles. The summed E-state index contributed by atoms with van der Waals surface area (Å²) in [5.41, 5.74) is 2.80. The Morgan fingerprint density at radius 3 is 2.53 bits per heavy atom. The molecule has 1 aromatic carbocycles. The van der Waals surface area contributed by atoms with Gasteiger partial charge < -0.3 is 10.4 Å². The predicted molar refractivity (Wildman–Crippen MR) is 78.8 cm³/mol. The molecule has 3 nitrogen and oxygen atoms in total. The van der Waals surface area contributed by atoms with Crippen molar-refractivity contribution in [2.75, 3.05) is 5.32 Å². The van der Waals surface area contributed by atoms with Crippen LogP contribution in [0, 0.1) is 6.92 Å². The Morgan fingerprint density at radius 2 is 2.00 bits per heavy atom. The smallest absolute Gasteiger partial charge is 0.265 e. The van der Waals surface area contributed by atoms with Gasteiger partial charge in [0, 0.05) is 10.6 Å². The van der Waals surface area contributed by atoms with E-state index in [0.717, 1.165) is 22.5 Å². The zero-order valence-corrected chi connectivity index (χ0v) is 11.9. The number of rotatable bonds is 4. The predicted octanol–water partition coefficient (Wildman–Crippen LogP) is 3.36. The number of carbonyl (C=O) groups excluding carboxylic acids is 1. The normalized spacial score (nSPS) is 10.5. The number of benzene rings is 1. The van der Waals surface area contributed by atoms with Gasteiger partial charge in [0.25, 0.3) is 5.91 Å². The van der Waals surface area contributed by atoms with E-state index < -0.39 is 0 Å². The largest absolute Gasteiger partial charge is 0.392 e. The van der Waals surface area contributed by atoms with Gasteiger partial charge in [-0.15, -0.1) is 11.3 Å². The fourth-order valence-corrected chi connectivity index (χ4v) is 2.88. The maximum atomic E-state index is 12.1. The van der Waals surface area contributed by atoms with E-state index in [0.29, 0.717) is 0 Å². The van der Waals surface area contributed by atoms with Crippen LogP contribution in [0.25, 0.3) is 0 Å². The highest BCUT2D eigenvalue weighted by atomic mass is 32.1. The monoisotopic (exact) mass is 275 g/mol. The van der Waals surface area contributed by atoms with E-state index in [9.17, 15) is 4.79 Å². The molecule has 2 N–H and O–H groups in total. The number of aliphatic hydroxyl groups is 1. The van der Waals surface area contributed by atoms with Crippen LogP contribution in [0.4, 0.5) is 5.69 Å². The summed E-state index contributed by atoms with van der Waals surface area (Å²) >= 11 is 1.52. The van der Waals surface area contributed by atoms with Crippen molar-refractivity contribution in [3.05, 3.63) is 51.2 Å². The molecular weight excluding hydrogens is 258 g/mol. The number of nitrogens with one attached hydrogen (secondary N) is 1. The van der Waals surface area contributed by atoms with E-state index in [1.165, 1.54) is 21.8 Å². The summed E-state index contributed by atoms with van der Waals surface area (Å²) in [4.78, 5) is 14.0. The third-order valence-corrected chi connectivity index (χ3v) is 4.11. The van der Waals surface area contributed by atoms with E-state index >= 15 is 0 Å². The first kappa shape index (κ1) is 13.8. The molecule has 1 amide bonds. The second-order valence-electron chi connectivity index (χ2n) is 4.35. The van der Waals surface area contributed by atoms with Crippen LogP contribution in [-0.2, 0) is 13.0 Å². The van der Waals surface area contributed by atoms with Gasteiger partial charge in [-0.2, -0.15) is 0 Å². The van der Waals surface area contributed by atoms with Crippen molar-refractivity contribution in [3.63, 3.8) is 0 Å². The van der Waals surface area contributed by atoms with Gasteiger partial charge in [0.2, 0.25) is 0 Å². The Hall–Kier alpha value is -1.65. The maximum Gasteiger partial charge on any atom is 0.265 e. The first-order valence-electron chi connectivity index (χ1n) is 6.24. The van der Waals surface area contributed by atoms with Crippen LogP contribution in [0.15, 0.2) is 30.3 Å². The molecule has 0 bridgehead atoms. The van der Waals surface area contributed by atoms with Crippen molar-refractivity contribution in [2.24, 2.45) is 0 Å². The van der Waals surface area contributed by atoms with Gasteiger partial charge in [-0.25, -0.2) is 0 Å². The summed E-state index contributed by atoms with van der Waals surface area (Å²) in [6, 6.07) is 9.15. The topological polar surface area (TPSA) is 49.3 Å². The number of carbonyl (C=O) groups is 1. The van der Waals surface area contributed by atoms with Crippen LogP contribution in [0.2, 0.25) is 0 Å². The summed E-state index contributed by atoms with van der Waals surface area (Å²) in [5, 5.41) is 11.8. The van der Waals surface area contributed by atoms with Crippen LogP contribution < -0.4 is 5.32 Å². The lowest BCUT2D eigenvalue weighted by Crippen LogP contribution is -2.10. The van der Waals surface area contributed by atoms with Gasteiger partial charge in [0.15, 0.2) is 0 Å². The zero-order chi connectivity index (χ0) is 13.8. The number of hydrogen-bond acceptors (Lipinski definition) is 3. The van der Waals surface area contributed by atoms with Gasteiger partial charge in [0.05, 0.1) is 11.5 Å². The molecule has 0 saturated heterocycles. The quantitative estimate of drug-likeness (QED) is 0.899. The average Bonchev–Trinajstić information content (AvgIpc) is 2.81. The molecule has 2 rings (SSSR count). The minimum atomic E-state index is -0.0791. The molecular formula is C15H17NO2S. The van der Waals surface area contributed by atoms with Crippen molar-refractivity contribution in [3.8, 4) is 0 Å². The highest BCUT2D eigenvalue weighted by molar-refractivity contribution is 7.14. The first-order valence-corrected chi connectivity index (χ1v) is 7.06. The van der Waals surface area contributed by atoms with Crippen molar-refractivity contribution in [1.82, 2.24) is 0 Å². The highest BCUT2D eigenvalue weighted by Gasteiger charge is 2.11. The zero-order valence-electron chi connectivity index (χ0n) is 11.1. The molecule has 0 aliphatic rings. The Labute approximate surface area is 116 Å². The second kappa shape index (κ2) is 5.99. The minimum absolute atomic E-state index is 0.0121. The third-order valence-electron chi connectivity index (χ3n) is 3.02. The molecule has 0 saturated carbocycles. The van der Waals surface area contributed by atoms with E-state index in [1.807, 2.05) is 13.0 Å². The number of amides is 1. The molecule has 0 spiro atoms. The molecule has 0 radical (unpaired) electrons. The van der Waals surface area contributed by atoms with E-state index in [2.05, 4.69) is 12.2 Å². The molecule has 0 unspecified atom stereocenters. The first-order chi connectivity index (χ1) is 9.13. The Bertz CT molecular complexity index is 572. The number of anilines is 1. The lowest BCUT2D eigenvalue weighted by atomic mass is 10.2. The molecule has 19 heavy (non-hydrogen) atoms. The summed E-state index contributed by atoms with van der Waals surface area (Å²) in [6.07, 6.45) is 0.945. The summed E-state index contributed by atoms with van der Waals surface area (Å²) < 4.78 is 0. The molecule has 0 fully saturated rings. The summed E-state index contributed by atoms with van der Waals surface area (Å²) in [7, 11) is 0. The minimum Gasteiger partial charge on any atom is -0.392 e. The van der Waals surface area contributed by atoms with Crippen molar-refractivity contribution >= 4 is 22.9 Å². The Morgan fingerprint density at radius 1 is 1.32 bits per heavy atom. The van der Waals surface area contributed by atoms with Gasteiger partial charge in [-0.05, 0) is 42.7 Å². The van der Waals surface area contributed by atoms with Crippen LogP contribution in [0.5, 0.6) is 0 Å². The van der Waals surface area contributed by atoms with Crippen molar-refractivity contribution in [2.45, 2.75) is 26.9 Å². The Balaban J connectivity index is 2.11. The number of aliphatic hydroxyl groups excluding tert-OH is 1. The SMILES string of the molecule is CCc1cc(C(=O)Nc2ccc(CO)cc2)sc1C. The third kappa shape index (κ3) is 3.22. The van der Waals surface area contributed by atoms with Crippen molar-refractivity contribution in [1.29, 1.82) is 0 Å². The molecule has 0 aliphatic carbocycles. The lowest BCUT2D eigenvalue weighted by molar-refractivity contribution is 0.103. The van der Waals surface area contributed by atoms with Crippen LogP contribution in [-0.4, -0.2) is 11.0 Å². The summed E-state index contributed by atoms with van der Waals surface area (Å²) in [6.45, 7) is 4.14. The number of hydrogen-bond donors (Lipinski definition) is 2. The lowest BCUT2D eigenvalue weighted by Gasteiger charge is -2.04. The molecule has 100 valence electrons. The summed E-state index contributed by atoms with van der Waals surface area (Å²) in [5.74, 6) is -0.0791. The highest BCUT2D eigenvalue weighted by Crippen LogP contribution is 2.23. The maximum absolute atomic E-state index is 12.1. The number of thiophene rings is 1. The average molecular weight is 275 g/mol. The van der Waals surface area contributed by atoms with E-state index in [1.54, 1.807) is 24.3 Å². The van der Waals surface area contributed by atoms with E-state index in [4.69, 9.17) is 5.11 Å². The van der Waals surface area contributed by atoms with Crippen LogP contribution in [0.1, 0.15) is 32.6 Å². The standard InChI is InChI=1S/C15H17NO2S/c1-3-12-8-14(19-10(12)2)15(18)16-13-6-4-11(9-17)5-7-13/h4-8,17H,3,9H2,1-2H3,(H,16,18). The molecule has 0 atom stereocenters.